The quantitative estimate of drug-likeness (QED) is 0.764. The van der Waals surface area contributed by atoms with Gasteiger partial charge in [0.2, 0.25) is 21.8 Å². The molecule has 1 aromatic carbocycles. The lowest BCUT2D eigenvalue weighted by Crippen LogP contribution is -2.42. The zero-order chi connectivity index (χ0) is 19.9. The van der Waals surface area contributed by atoms with Gasteiger partial charge in [-0.15, -0.1) is 0 Å². The van der Waals surface area contributed by atoms with Gasteiger partial charge in [0.25, 0.3) is 0 Å². The molecule has 1 aromatic heterocycles. The highest BCUT2D eigenvalue weighted by molar-refractivity contribution is 7.88. The number of hydrogen-bond acceptors (Lipinski definition) is 5. The van der Waals surface area contributed by atoms with Crippen molar-refractivity contribution in [3.05, 3.63) is 59.5 Å². The van der Waals surface area contributed by atoms with E-state index in [1.165, 1.54) is 6.26 Å². The standard InChI is InChI=1S/C20H22N2O5S/c1-28(25,26)22(18-9-8-14-5-2-3-7-17(14)18)20(24)15-11-19(23)21(12-15)13-16-6-4-10-27-16/h2-7,10,15,18H,8-9,11-13H2,1H3. The molecule has 2 aromatic rings. The highest BCUT2D eigenvalue weighted by Gasteiger charge is 2.43. The van der Waals surface area contributed by atoms with E-state index < -0.39 is 27.9 Å². The summed E-state index contributed by atoms with van der Waals surface area (Å²) < 4.78 is 31.4. The SMILES string of the molecule is CS(=O)(=O)N(C(=O)C1CC(=O)N(Cc2ccco2)C1)C1CCc2ccccc21. The molecule has 0 bridgehead atoms. The zero-order valence-corrected chi connectivity index (χ0v) is 16.4. The van der Waals surface area contributed by atoms with Gasteiger partial charge < -0.3 is 9.32 Å². The predicted octanol–water partition coefficient (Wildman–Crippen LogP) is 2.10. The fourth-order valence-corrected chi connectivity index (χ4v) is 5.34. The summed E-state index contributed by atoms with van der Waals surface area (Å²) in [5.74, 6) is -0.717. The number of carbonyl (C=O) groups is 2. The third-order valence-electron chi connectivity index (χ3n) is 5.45. The maximum absolute atomic E-state index is 13.2. The lowest BCUT2D eigenvalue weighted by Gasteiger charge is -2.29. The summed E-state index contributed by atoms with van der Waals surface area (Å²) in [4.78, 5) is 27.1. The number of aryl methyl sites for hydroxylation is 1. The molecule has 2 atom stereocenters. The average molecular weight is 402 g/mol. The third-order valence-corrected chi connectivity index (χ3v) is 6.60. The molecule has 2 amide bonds. The molecular weight excluding hydrogens is 380 g/mol. The van der Waals surface area contributed by atoms with Gasteiger partial charge in [0.15, 0.2) is 0 Å². The molecule has 8 heteroatoms. The van der Waals surface area contributed by atoms with Crippen molar-refractivity contribution < 1.29 is 22.4 Å². The Labute approximate surface area is 164 Å². The van der Waals surface area contributed by atoms with E-state index in [4.69, 9.17) is 4.42 Å². The van der Waals surface area contributed by atoms with Crippen molar-refractivity contribution in [1.29, 1.82) is 0 Å². The minimum absolute atomic E-state index is 0.0138. The molecule has 1 fully saturated rings. The van der Waals surface area contributed by atoms with Gasteiger partial charge in [0, 0.05) is 13.0 Å². The first-order chi connectivity index (χ1) is 13.3. The van der Waals surface area contributed by atoms with Crippen LogP contribution in [0.3, 0.4) is 0 Å². The molecule has 4 rings (SSSR count). The van der Waals surface area contributed by atoms with Crippen LogP contribution in [-0.2, 0) is 32.6 Å². The van der Waals surface area contributed by atoms with Crippen LogP contribution in [0.15, 0.2) is 47.1 Å². The lowest BCUT2D eigenvalue weighted by atomic mass is 10.0. The van der Waals surface area contributed by atoms with Crippen molar-refractivity contribution in [1.82, 2.24) is 9.21 Å². The first-order valence-corrected chi connectivity index (χ1v) is 11.1. The third kappa shape index (κ3) is 3.44. The van der Waals surface area contributed by atoms with Crippen LogP contribution in [0.25, 0.3) is 0 Å². The largest absolute Gasteiger partial charge is 0.467 e. The summed E-state index contributed by atoms with van der Waals surface area (Å²) in [6.45, 7) is 0.472. The van der Waals surface area contributed by atoms with Gasteiger partial charge in [0.1, 0.15) is 5.76 Å². The highest BCUT2D eigenvalue weighted by atomic mass is 32.2. The van der Waals surface area contributed by atoms with Crippen molar-refractivity contribution >= 4 is 21.8 Å². The molecule has 7 nitrogen and oxygen atoms in total. The Morgan fingerprint density at radius 1 is 1.25 bits per heavy atom. The molecule has 2 heterocycles. The van der Waals surface area contributed by atoms with Crippen LogP contribution in [0, 0.1) is 5.92 Å². The smallest absolute Gasteiger partial charge is 0.242 e. The average Bonchev–Trinajstić information content (AvgIpc) is 3.36. The number of carbonyl (C=O) groups excluding carboxylic acids is 2. The fourth-order valence-electron chi connectivity index (χ4n) is 4.19. The van der Waals surface area contributed by atoms with Crippen molar-refractivity contribution in [2.24, 2.45) is 5.92 Å². The van der Waals surface area contributed by atoms with Crippen LogP contribution >= 0.6 is 0 Å². The van der Waals surface area contributed by atoms with Crippen LogP contribution in [0.1, 0.15) is 35.8 Å². The van der Waals surface area contributed by atoms with E-state index >= 15 is 0 Å². The van der Waals surface area contributed by atoms with Crippen molar-refractivity contribution in [3.8, 4) is 0 Å². The van der Waals surface area contributed by atoms with Crippen LogP contribution in [0.2, 0.25) is 0 Å². The summed E-state index contributed by atoms with van der Waals surface area (Å²) in [7, 11) is -3.78. The summed E-state index contributed by atoms with van der Waals surface area (Å²) in [5, 5.41) is 0. The van der Waals surface area contributed by atoms with E-state index in [0.29, 0.717) is 12.2 Å². The number of benzene rings is 1. The number of fused-ring (bicyclic) bond motifs is 1. The van der Waals surface area contributed by atoms with E-state index in [0.717, 1.165) is 28.1 Å². The number of nitrogens with zero attached hydrogens (tertiary/aromatic N) is 2. The Hall–Kier alpha value is -2.61. The van der Waals surface area contributed by atoms with E-state index in [9.17, 15) is 18.0 Å². The van der Waals surface area contributed by atoms with Gasteiger partial charge in [-0.05, 0) is 36.1 Å². The fraction of sp³-hybridized carbons (Fsp3) is 0.400. The predicted molar refractivity (Wildman–Crippen MR) is 101 cm³/mol. The topological polar surface area (TPSA) is 87.9 Å². The first-order valence-electron chi connectivity index (χ1n) is 9.26. The summed E-state index contributed by atoms with van der Waals surface area (Å²) in [6.07, 6.45) is 3.90. The molecule has 0 radical (unpaired) electrons. The monoisotopic (exact) mass is 402 g/mol. The van der Waals surface area contributed by atoms with E-state index in [-0.39, 0.29) is 25.4 Å². The normalized spacial score (nSPS) is 21.8. The molecule has 1 saturated heterocycles. The van der Waals surface area contributed by atoms with Crippen LogP contribution in [0.5, 0.6) is 0 Å². The van der Waals surface area contributed by atoms with E-state index in [1.807, 2.05) is 24.3 Å². The number of sulfonamides is 1. The molecule has 148 valence electrons. The number of furan rings is 1. The van der Waals surface area contributed by atoms with Crippen molar-refractivity contribution in [3.63, 3.8) is 0 Å². The Bertz CT molecular complexity index is 999. The Morgan fingerprint density at radius 3 is 2.75 bits per heavy atom. The van der Waals surface area contributed by atoms with Gasteiger partial charge in [-0.3, -0.25) is 9.59 Å². The number of amides is 2. The summed E-state index contributed by atoms with van der Waals surface area (Å²) in [5.41, 5.74) is 1.94. The van der Waals surface area contributed by atoms with Crippen molar-refractivity contribution in [2.45, 2.75) is 31.8 Å². The van der Waals surface area contributed by atoms with E-state index in [2.05, 4.69) is 0 Å². The second kappa shape index (κ2) is 7.09. The lowest BCUT2D eigenvalue weighted by molar-refractivity contribution is -0.133. The Balaban J connectivity index is 1.57. The molecule has 1 aliphatic heterocycles. The molecule has 0 spiro atoms. The minimum atomic E-state index is -3.78. The molecule has 2 unspecified atom stereocenters. The second-order valence-electron chi connectivity index (χ2n) is 7.41. The van der Waals surface area contributed by atoms with Gasteiger partial charge in [-0.1, -0.05) is 24.3 Å². The number of hydrogen-bond donors (Lipinski definition) is 0. The maximum atomic E-state index is 13.2. The number of likely N-dealkylation sites (tertiary alicyclic amines) is 1. The Kier molecular flexibility index (Phi) is 4.74. The van der Waals surface area contributed by atoms with Gasteiger partial charge in [-0.2, -0.15) is 0 Å². The molecule has 28 heavy (non-hydrogen) atoms. The molecule has 2 aliphatic rings. The molecular formula is C20H22N2O5S. The van der Waals surface area contributed by atoms with Gasteiger partial charge >= 0.3 is 0 Å². The number of rotatable bonds is 5. The van der Waals surface area contributed by atoms with Crippen molar-refractivity contribution in [2.75, 3.05) is 12.8 Å². The summed E-state index contributed by atoms with van der Waals surface area (Å²) in [6, 6.07) is 10.6. The minimum Gasteiger partial charge on any atom is -0.467 e. The summed E-state index contributed by atoms with van der Waals surface area (Å²) >= 11 is 0. The van der Waals surface area contributed by atoms with Crippen LogP contribution in [-0.4, -0.2) is 42.2 Å². The molecule has 0 N–H and O–H groups in total. The van der Waals surface area contributed by atoms with E-state index in [1.54, 1.807) is 17.0 Å². The first kappa shape index (κ1) is 18.7. The van der Waals surface area contributed by atoms with Gasteiger partial charge in [0.05, 0.1) is 31.0 Å². The Morgan fingerprint density at radius 2 is 2.04 bits per heavy atom. The molecule has 1 aliphatic carbocycles. The van der Waals surface area contributed by atoms with Crippen LogP contribution < -0.4 is 0 Å². The van der Waals surface area contributed by atoms with Gasteiger partial charge in [-0.25, -0.2) is 12.7 Å². The zero-order valence-electron chi connectivity index (χ0n) is 15.6. The second-order valence-corrected chi connectivity index (χ2v) is 9.26. The highest BCUT2D eigenvalue weighted by Crippen LogP contribution is 2.38. The molecule has 0 saturated carbocycles. The van der Waals surface area contributed by atoms with Crippen LogP contribution in [0.4, 0.5) is 0 Å². The maximum Gasteiger partial charge on any atom is 0.242 e.